The molecule has 7 heteroatoms. The third kappa shape index (κ3) is 2.65. The van der Waals surface area contributed by atoms with E-state index in [1.165, 1.54) is 4.90 Å². The first kappa shape index (κ1) is 15.1. The van der Waals surface area contributed by atoms with E-state index < -0.39 is 17.7 Å². The Morgan fingerprint density at radius 3 is 2.91 bits per heavy atom. The molecule has 2 heterocycles. The van der Waals surface area contributed by atoms with Crippen LogP contribution in [0.1, 0.15) is 18.5 Å². The first-order valence-electron chi connectivity index (χ1n) is 6.64. The van der Waals surface area contributed by atoms with Crippen molar-refractivity contribution in [2.45, 2.75) is 13.0 Å². The predicted octanol–water partition coefficient (Wildman–Crippen LogP) is 3.48. The molecule has 0 aliphatic carbocycles. The smallest absolute Gasteiger partial charge is 0.247 e. The lowest BCUT2D eigenvalue weighted by Gasteiger charge is -2.34. The lowest BCUT2D eigenvalue weighted by atomic mass is 10.0. The largest absolute Gasteiger partial charge is 0.359 e. The number of fused-ring (bicyclic) bond motifs is 1. The zero-order valence-electron chi connectivity index (χ0n) is 11.6. The molecule has 22 heavy (non-hydrogen) atoms. The van der Waals surface area contributed by atoms with Crippen molar-refractivity contribution < 1.29 is 13.6 Å². The highest BCUT2D eigenvalue weighted by atomic mass is 127. The van der Waals surface area contributed by atoms with Gasteiger partial charge in [-0.1, -0.05) is 0 Å². The maximum Gasteiger partial charge on any atom is 0.247 e. The molecule has 1 N–H and O–H groups in total. The molecular formula is C15H12F2IN3O. The number of pyridine rings is 1. The fraction of sp³-hybridized carbons (Fsp3) is 0.200. The minimum atomic E-state index is -0.635. The number of nitrogens with one attached hydrogen (secondary N) is 1. The summed E-state index contributed by atoms with van der Waals surface area (Å²) >= 11 is 2.09. The van der Waals surface area contributed by atoms with Gasteiger partial charge in [-0.3, -0.25) is 4.79 Å². The molecule has 114 valence electrons. The lowest BCUT2D eigenvalue weighted by Crippen LogP contribution is -2.42. The summed E-state index contributed by atoms with van der Waals surface area (Å²) in [5.74, 6) is -0.733. The number of aromatic nitrogens is 1. The second-order valence-electron chi connectivity index (χ2n) is 4.98. The Morgan fingerprint density at radius 1 is 1.36 bits per heavy atom. The van der Waals surface area contributed by atoms with E-state index in [4.69, 9.17) is 0 Å². The third-order valence-electron chi connectivity index (χ3n) is 3.56. The Kier molecular flexibility index (Phi) is 3.98. The molecule has 1 amide bonds. The van der Waals surface area contributed by atoms with Crippen LogP contribution in [0.3, 0.4) is 0 Å². The first-order chi connectivity index (χ1) is 10.5. The van der Waals surface area contributed by atoms with Crippen LogP contribution in [0.4, 0.5) is 20.3 Å². The average Bonchev–Trinajstić information content (AvgIpc) is 2.49. The molecule has 1 aliphatic heterocycles. The van der Waals surface area contributed by atoms with E-state index in [9.17, 15) is 13.6 Å². The minimum absolute atomic E-state index is 0.0713. The van der Waals surface area contributed by atoms with Gasteiger partial charge in [-0.2, -0.15) is 0 Å². The van der Waals surface area contributed by atoms with Gasteiger partial charge in [-0.15, -0.1) is 0 Å². The zero-order valence-corrected chi connectivity index (χ0v) is 13.8. The summed E-state index contributed by atoms with van der Waals surface area (Å²) in [6, 6.07) is 4.41. The highest BCUT2D eigenvalue weighted by molar-refractivity contribution is 14.1. The standard InChI is InChI=1S/C15H12F2IN3O/c1-8(11-4-9(16)2-3-12(11)17)21-13-5-10(18)6-19-15(13)20-7-14(21)22/h2-6,8H,7H2,1H3,(H,19,20). The summed E-state index contributed by atoms with van der Waals surface area (Å²) in [5.41, 5.74) is 0.708. The molecule has 1 aromatic heterocycles. The van der Waals surface area contributed by atoms with Gasteiger partial charge in [-0.25, -0.2) is 13.8 Å². The molecule has 1 aliphatic rings. The van der Waals surface area contributed by atoms with Crippen molar-refractivity contribution in [3.63, 3.8) is 0 Å². The second kappa shape index (κ2) is 5.79. The number of anilines is 2. The van der Waals surface area contributed by atoms with Crippen molar-refractivity contribution in [3.8, 4) is 0 Å². The Balaban J connectivity index is 2.09. The monoisotopic (exact) mass is 415 g/mol. The normalized spacial score (nSPS) is 15.3. The molecule has 0 fully saturated rings. The number of carbonyl (C=O) groups excluding carboxylic acids is 1. The van der Waals surface area contributed by atoms with E-state index in [1.807, 2.05) is 0 Å². The zero-order chi connectivity index (χ0) is 15.9. The number of rotatable bonds is 2. The Labute approximate surface area is 139 Å². The molecule has 3 rings (SSSR count). The molecule has 0 saturated heterocycles. The summed E-state index contributed by atoms with van der Waals surface area (Å²) in [6.07, 6.45) is 1.67. The van der Waals surface area contributed by atoms with Crippen LogP contribution in [-0.4, -0.2) is 17.4 Å². The van der Waals surface area contributed by atoms with Gasteiger partial charge in [0.15, 0.2) is 5.82 Å². The predicted molar refractivity (Wildman–Crippen MR) is 87.7 cm³/mol. The number of nitrogens with zero attached hydrogens (tertiary/aromatic N) is 2. The number of amides is 1. The van der Waals surface area contributed by atoms with Crippen molar-refractivity contribution in [1.82, 2.24) is 4.98 Å². The van der Waals surface area contributed by atoms with Crippen LogP contribution in [-0.2, 0) is 4.79 Å². The van der Waals surface area contributed by atoms with Gasteiger partial charge >= 0.3 is 0 Å². The molecule has 0 saturated carbocycles. The molecule has 0 bridgehead atoms. The van der Waals surface area contributed by atoms with Crippen molar-refractivity contribution in [2.75, 3.05) is 16.8 Å². The van der Waals surface area contributed by atoms with Gasteiger partial charge in [0.05, 0.1) is 18.3 Å². The van der Waals surface area contributed by atoms with Crippen LogP contribution < -0.4 is 10.2 Å². The summed E-state index contributed by atoms with van der Waals surface area (Å²) in [5, 5.41) is 2.93. The SMILES string of the molecule is CC(c1cc(F)ccc1F)N1C(=O)CNc2ncc(I)cc21. The summed E-state index contributed by atoms with van der Waals surface area (Å²) in [4.78, 5) is 18.0. The van der Waals surface area contributed by atoms with E-state index in [0.29, 0.717) is 11.5 Å². The highest BCUT2D eigenvalue weighted by Gasteiger charge is 2.31. The van der Waals surface area contributed by atoms with Gasteiger partial charge in [-0.05, 0) is 53.8 Å². The van der Waals surface area contributed by atoms with E-state index >= 15 is 0 Å². The van der Waals surface area contributed by atoms with Gasteiger partial charge < -0.3 is 10.2 Å². The topological polar surface area (TPSA) is 45.2 Å². The average molecular weight is 415 g/mol. The highest BCUT2D eigenvalue weighted by Crippen LogP contribution is 2.36. The van der Waals surface area contributed by atoms with E-state index in [-0.39, 0.29) is 18.0 Å². The van der Waals surface area contributed by atoms with E-state index in [0.717, 1.165) is 21.8 Å². The Bertz CT molecular complexity index is 754. The van der Waals surface area contributed by atoms with Gasteiger partial charge in [0, 0.05) is 15.3 Å². The summed E-state index contributed by atoms with van der Waals surface area (Å²) in [7, 11) is 0. The Morgan fingerprint density at radius 2 is 2.14 bits per heavy atom. The fourth-order valence-electron chi connectivity index (χ4n) is 2.53. The number of hydrogen-bond donors (Lipinski definition) is 1. The number of carbonyl (C=O) groups is 1. The maximum absolute atomic E-state index is 14.0. The van der Waals surface area contributed by atoms with Crippen LogP contribution in [0.25, 0.3) is 0 Å². The number of halogens is 3. The molecule has 0 radical (unpaired) electrons. The molecule has 1 atom stereocenters. The van der Waals surface area contributed by atoms with Crippen LogP contribution >= 0.6 is 22.6 Å². The van der Waals surface area contributed by atoms with E-state index in [1.54, 1.807) is 19.2 Å². The minimum Gasteiger partial charge on any atom is -0.359 e. The van der Waals surface area contributed by atoms with Crippen LogP contribution in [0.5, 0.6) is 0 Å². The van der Waals surface area contributed by atoms with Gasteiger partial charge in [0.2, 0.25) is 5.91 Å². The maximum atomic E-state index is 14.0. The van der Waals surface area contributed by atoms with Crippen molar-refractivity contribution >= 4 is 40.0 Å². The number of benzene rings is 1. The molecule has 1 aromatic carbocycles. The van der Waals surface area contributed by atoms with Crippen LogP contribution in [0.2, 0.25) is 0 Å². The van der Waals surface area contributed by atoms with Crippen molar-refractivity contribution in [3.05, 3.63) is 51.2 Å². The second-order valence-corrected chi connectivity index (χ2v) is 6.23. The third-order valence-corrected chi connectivity index (χ3v) is 4.15. The van der Waals surface area contributed by atoms with Crippen LogP contribution in [0.15, 0.2) is 30.5 Å². The fourth-order valence-corrected chi connectivity index (χ4v) is 2.96. The van der Waals surface area contributed by atoms with Crippen molar-refractivity contribution in [2.24, 2.45) is 0 Å². The van der Waals surface area contributed by atoms with Gasteiger partial charge in [0.1, 0.15) is 11.6 Å². The molecule has 4 nitrogen and oxygen atoms in total. The van der Waals surface area contributed by atoms with Gasteiger partial charge in [0.25, 0.3) is 0 Å². The summed E-state index contributed by atoms with van der Waals surface area (Å²) in [6.45, 7) is 1.74. The first-order valence-corrected chi connectivity index (χ1v) is 7.71. The Hall–Kier alpha value is -1.77. The van der Waals surface area contributed by atoms with Crippen LogP contribution in [0, 0.1) is 15.2 Å². The lowest BCUT2D eigenvalue weighted by molar-refractivity contribution is -0.117. The molecule has 0 spiro atoms. The molecular weight excluding hydrogens is 403 g/mol. The number of hydrogen-bond acceptors (Lipinski definition) is 3. The molecule has 2 aromatic rings. The molecule has 1 unspecified atom stereocenters. The summed E-state index contributed by atoms with van der Waals surface area (Å²) < 4.78 is 28.3. The van der Waals surface area contributed by atoms with Crippen molar-refractivity contribution in [1.29, 1.82) is 0 Å². The van der Waals surface area contributed by atoms with E-state index in [2.05, 4.69) is 32.9 Å². The quantitative estimate of drug-likeness (QED) is 0.765.